The number of nitrogens with two attached hydrogens (primary N) is 1. The summed E-state index contributed by atoms with van der Waals surface area (Å²) in [6.45, 7) is 4.39. The van der Waals surface area contributed by atoms with Crippen LogP contribution in [0.3, 0.4) is 0 Å². The number of nitrogen functional groups attached to an aromatic ring is 1. The second kappa shape index (κ2) is 17.3. The quantitative estimate of drug-likeness (QED) is 0.121. The first-order chi connectivity index (χ1) is 20.0. The number of rotatable bonds is 12. The molecule has 41 heavy (non-hydrogen) atoms. The average Bonchev–Trinajstić information content (AvgIpc) is 2.97. The van der Waals surface area contributed by atoms with E-state index < -0.39 is 0 Å². The molecule has 0 saturated carbocycles. The molecule has 0 heterocycles. The molecule has 0 aliphatic rings. The van der Waals surface area contributed by atoms with Crippen LogP contribution in [0.1, 0.15) is 110 Å². The Morgan fingerprint density at radius 1 is 0.634 bits per heavy atom. The van der Waals surface area contributed by atoms with Crippen LogP contribution in [0.15, 0.2) is 66.7 Å². The summed E-state index contributed by atoms with van der Waals surface area (Å²) in [5.41, 5.74) is 9.93. The van der Waals surface area contributed by atoms with Crippen molar-refractivity contribution < 1.29 is 9.59 Å². The van der Waals surface area contributed by atoms with Crippen molar-refractivity contribution >= 4 is 28.9 Å². The Morgan fingerprint density at radius 3 is 1.54 bits per heavy atom. The number of benzene rings is 3. The molecule has 0 spiro atoms. The lowest BCUT2D eigenvalue weighted by molar-refractivity contribution is 0.102. The summed E-state index contributed by atoms with van der Waals surface area (Å²) in [4.78, 5) is 26.1. The molecule has 4 N–H and O–H groups in total. The van der Waals surface area contributed by atoms with Crippen LogP contribution in [0.4, 0.5) is 17.1 Å². The highest BCUT2D eigenvalue weighted by Crippen LogP contribution is 2.18. The van der Waals surface area contributed by atoms with Gasteiger partial charge in [-0.2, -0.15) is 0 Å². The molecule has 2 amide bonds. The molecule has 3 aromatic carbocycles. The van der Waals surface area contributed by atoms with Gasteiger partial charge in [0.05, 0.1) is 0 Å². The molecule has 0 aromatic heterocycles. The molecule has 0 fully saturated rings. The zero-order valence-corrected chi connectivity index (χ0v) is 24.3. The molecule has 3 rings (SSSR count). The van der Waals surface area contributed by atoms with Gasteiger partial charge in [0, 0.05) is 52.2 Å². The third-order valence-electron chi connectivity index (χ3n) is 6.50. The lowest BCUT2D eigenvalue weighted by atomic mass is 10.1. The highest BCUT2D eigenvalue weighted by molar-refractivity contribution is 6.09. The van der Waals surface area contributed by atoms with Crippen molar-refractivity contribution in [2.75, 3.05) is 16.4 Å². The minimum atomic E-state index is -0.354. The molecule has 0 aliphatic heterocycles. The number of hydrogen-bond donors (Lipinski definition) is 3. The van der Waals surface area contributed by atoms with Crippen molar-refractivity contribution in [1.29, 1.82) is 0 Å². The van der Waals surface area contributed by atoms with Crippen LogP contribution in [-0.2, 0) is 0 Å². The van der Waals surface area contributed by atoms with Crippen molar-refractivity contribution in [1.82, 2.24) is 0 Å². The fourth-order valence-electron chi connectivity index (χ4n) is 4.28. The summed E-state index contributed by atoms with van der Waals surface area (Å²) in [5, 5.41) is 5.79. The smallest absolute Gasteiger partial charge is 0.255 e. The number of unbranched alkanes of at least 4 members (excludes halogenated alkanes) is 8. The van der Waals surface area contributed by atoms with E-state index in [0.29, 0.717) is 28.2 Å². The fourth-order valence-corrected chi connectivity index (χ4v) is 4.28. The summed E-state index contributed by atoms with van der Waals surface area (Å²) >= 11 is 0. The second-order valence-corrected chi connectivity index (χ2v) is 10.1. The van der Waals surface area contributed by atoms with Crippen LogP contribution in [-0.4, -0.2) is 11.8 Å². The fraction of sp³-hybridized carbons (Fsp3) is 0.333. The molecule has 0 aliphatic carbocycles. The van der Waals surface area contributed by atoms with Crippen LogP contribution < -0.4 is 16.4 Å². The number of hydrogen-bond acceptors (Lipinski definition) is 3. The molecule has 0 saturated heterocycles. The normalized spacial score (nSPS) is 10.1. The SMILES string of the molecule is CCCCCCC#Cc1cccc(NC(=O)c2cc(N)cc(C(=O)Nc3cccc(C#CCCCCCC)c3)c2)c1. The largest absolute Gasteiger partial charge is 0.399 e. The molecule has 0 unspecified atom stereocenters. The minimum absolute atomic E-state index is 0.297. The average molecular weight is 548 g/mol. The number of nitrogens with one attached hydrogen (secondary N) is 2. The zero-order chi connectivity index (χ0) is 29.3. The van der Waals surface area contributed by atoms with Gasteiger partial charge < -0.3 is 16.4 Å². The van der Waals surface area contributed by atoms with E-state index in [4.69, 9.17) is 5.73 Å². The summed E-state index contributed by atoms with van der Waals surface area (Å²) in [6.07, 6.45) is 11.2. The van der Waals surface area contributed by atoms with Gasteiger partial charge in [0.1, 0.15) is 0 Å². The van der Waals surface area contributed by atoms with E-state index in [2.05, 4.69) is 48.2 Å². The molecular weight excluding hydrogens is 506 g/mol. The van der Waals surface area contributed by atoms with Gasteiger partial charge in [-0.3, -0.25) is 9.59 Å². The molecule has 212 valence electrons. The lowest BCUT2D eigenvalue weighted by Crippen LogP contribution is -2.16. The van der Waals surface area contributed by atoms with Crippen LogP contribution in [0, 0.1) is 23.7 Å². The molecule has 0 atom stereocenters. The van der Waals surface area contributed by atoms with E-state index in [0.717, 1.165) is 36.8 Å². The van der Waals surface area contributed by atoms with Crippen LogP contribution >= 0.6 is 0 Å². The van der Waals surface area contributed by atoms with E-state index in [9.17, 15) is 9.59 Å². The maximum Gasteiger partial charge on any atom is 0.255 e. The van der Waals surface area contributed by atoms with Gasteiger partial charge in [0.15, 0.2) is 0 Å². The standard InChI is InChI=1S/C36H41N3O2/c1-3-5-7-9-11-13-17-28-19-15-21-33(23-28)38-35(40)30-25-31(27-32(37)26-30)36(41)39-34-22-16-20-29(24-34)18-14-12-10-8-6-4-2/h15-16,19-27H,3-12,37H2,1-2H3,(H,38,40)(H,39,41). The summed E-state index contributed by atoms with van der Waals surface area (Å²) in [6, 6.07) is 19.5. The van der Waals surface area contributed by atoms with E-state index in [1.807, 2.05) is 48.5 Å². The van der Waals surface area contributed by atoms with Gasteiger partial charge >= 0.3 is 0 Å². The Hall–Kier alpha value is -4.48. The molecule has 3 aromatic rings. The molecule has 0 bridgehead atoms. The van der Waals surface area contributed by atoms with Gasteiger partial charge in [-0.25, -0.2) is 0 Å². The maximum absolute atomic E-state index is 13.0. The lowest BCUT2D eigenvalue weighted by Gasteiger charge is -2.10. The Kier molecular flexibility index (Phi) is 13.1. The maximum atomic E-state index is 13.0. The number of carbonyl (C=O) groups is 2. The van der Waals surface area contributed by atoms with E-state index in [-0.39, 0.29) is 11.8 Å². The highest BCUT2D eigenvalue weighted by atomic mass is 16.2. The summed E-state index contributed by atoms with van der Waals surface area (Å²) in [7, 11) is 0. The third-order valence-corrected chi connectivity index (χ3v) is 6.50. The van der Waals surface area contributed by atoms with Gasteiger partial charge in [-0.1, -0.05) is 88.2 Å². The number of anilines is 3. The Labute approximate surface area is 245 Å². The predicted molar refractivity (Wildman–Crippen MR) is 171 cm³/mol. The molecule has 0 radical (unpaired) electrons. The Balaban J connectivity index is 1.63. The van der Waals surface area contributed by atoms with Gasteiger partial charge in [-0.15, -0.1) is 0 Å². The van der Waals surface area contributed by atoms with Crippen molar-refractivity contribution in [3.63, 3.8) is 0 Å². The molecule has 5 nitrogen and oxygen atoms in total. The number of amides is 2. The van der Waals surface area contributed by atoms with Gasteiger partial charge in [-0.05, 0) is 67.4 Å². The summed E-state index contributed by atoms with van der Waals surface area (Å²) in [5.74, 6) is 12.1. The van der Waals surface area contributed by atoms with Crippen LogP contribution in [0.2, 0.25) is 0 Å². The monoisotopic (exact) mass is 547 g/mol. The molecule has 5 heteroatoms. The van der Waals surface area contributed by atoms with E-state index in [1.165, 1.54) is 38.5 Å². The summed E-state index contributed by atoms with van der Waals surface area (Å²) < 4.78 is 0. The predicted octanol–water partition coefficient (Wildman–Crippen LogP) is 8.42. The van der Waals surface area contributed by atoms with Crippen molar-refractivity contribution in [2.45, 2.75) is 78.1 Å². The van der Waals surface area contributed by atoms with Crippen molar-refractivity contribution in [3.05, 3.63) is 89.0 Å². The Bertz CT molecular complexity index is 1330. The van der Waals surface area contributed by atoms with Crippen molar-refractivity contribution in [3.8, 4) is 23.7 Å². The van der Waals surface area contributed by atoms with Gasteiger partial charge in [0.2, 0.25) is 0 Å². The zero-order valence-electron chi connectivity index (χ0n) is 24.3. The Morgan fingerprint density at radius 2 is 1.10 bits per heavy atom. The topological polar surface area (TPSA) is 84.2 Å². The third kappa shape index (κ3) is 11.3. The number of carbonyl (C=O) groups excluding carboxylic acids is 2. The second-order valence-electron chi connectivity index (χ2n) is 10.1. The van der Waals surface area contributed by atoms with Crippen molar-refractivity contribution in [2.24, 2.45) is 0 Å². The van der Waals surface area contributed by atoms with E-state index in [1.54, 1.807) is 18.2 Å². The van der Waals surface area contributed by atoms with Gasteiger partial charge in [0.25, 0.3) is 11.8 Å². The minimum Gasteiger partial charge on any atom is -0.399 e. The first kappa shape index (κ1) is 31.1. The first-order valence-corrected chi connectivity index (χ1v) is 14.7. The molecular formula is C36H41N3O2. The van der Waals surface area contributed by atoms with Crippen LogP contribution in [0.25, 0.3) is 0 Å². The highest BCUT2D eigenvalue weighted by Gasteiger charge is 2.13. The first-order valence-electron chi connectivity index (χ1n) is 14.7. The van der Waals surface area contributed by atoms with E-state index >= 15 is 0 Å². The van der Waals surface area contributed by atoms with Crippen LogP contribution in [0.5, 0.6) is 0 Å².